The summed E-state index contributed by atoms with van der Waals surface area (Å²) in [5, 5.41) is 1.20. The summed E-state index contributed by atoms with van der Waals surface area (Å²) in [6.07, 6.45) is 0. The average molecular weight is 515 g/mol. The molecule has 3 heterocycles. The van der Waals surface area contributed by atoms with Gasteiger partial charge in [-0.2, -0.15) is 0 Å². The molecule has 3 aliphatic rings. The predicted molar refractivity (Wildman–Crippen MR) is 126 cm³/mol. The van der Waals surface area contributed by atoms with E-state index in [0.29, 0.717) is 23.1 Å². The molecule has 172 valence electrons. The van der Waals surface area contributed by atoms with Crippen molar-refractivity contribution in [3.8, 4) is 0 Å². The zero-order valence-corrected chi connectivity index (χ0v) is 20.4. The molecule has 32 heavy (non-hydrogen) atoms. The highest BCUT2D eigenvalue weighted by Crippen LogP contribution is 2.40. The lowest BCUT2D eigenvalue weighted by molar-refractivity contribution is -0.0341. The topological polar surface area (TPSA) is 74.8 Å². The molecule has 10 heteroatoms. The van der Waals surface area contributed by atoms with Gasteiger partial charge in [-0.1, -0.05) is 59.6 Å². The third-order valence-electron chi connectivity index (χ3n) is 6.91. The van der Waals surface area contributed by atoms with E-state index < -0.39 is 19.7 Å². The molecular formula is C22H24Cl2N2O4S2. The van der Waals surface area contributed by atoms with Gasteiger partial charge in [0, 0.05) is 47.3 Å². The minimum atomic E-state index is -3.26. The highest BCUT2D eigenvalue weighted by Gasteiger charge is 2.57. The van der Waals surface area contributed by atoms with Crippen LogP contribution in [0.4, 0.5) is 0 Å². The number of hydrogen-bond acceptors (Lipinski definition) is 6. The zero-order valence-electron chi connectivity index (χ0n) is 17.3. The lowest BCUT2D eigenvalue weighted by atomic mass is 9.93. The third kappa shape index (κ3) is 4.21. The van der Waals surface area contributed by atoms with Crippen LogP contribution in [-0.4, -0.2) is 73.8 Å². The van der Waals surface area contributed by atoms with Crippen LogP contribution in [0.2, 0.25) is 10.0 Å². The molecule has 0 spiro atoms. The number of halogens is 2. The molecule has 3 saturated heterocycles. The summed E-state index contributed by atoms with van der Waals surface area (Å²) in [7, 11) is -6.52. The summed E-state index contributed by atoms with van der Waals surface area (Å²) >= 11 is 12.8. The second-order valence-corrected chi connectivity index (χ2v) is 14.1. The van der Waals surface area contributed by atoms with E-state index in [-0.39, 0.29) is 47.2 Å². The number of fused-ring (bicyclic) bond motifs is 2. The van der Waals surface area contributed by atoms with Crippen molar-refractivity contribution in [1.29, 1.82) is 0 Å². The fourth-order valence-electron chi connectivity index (χ4n) is 5.50. The summed E-state index contributed by atoms with van der Waals surface area (Å²) < 4.78 is 51.0. The number of rotatable bonds is 4. The molecule has 5 rings (SSSR count). The molecule has 0 amide bonds. The molecule has 4 atom stereocenters. The first-order valence-electron chi connectivity index (χ1n) is 10.5. The van der Waals surface area contributed by atoms with E-state index in [4.69, 9.17) is 23.2 Å². The minimum absolute atomic E-state index is 0.0183. The van der Waals surface area contributed by atoms with Crippen LogP contribution in [0.15, 0.2) is 48.5 Å². The van der Waals surface area contributed by atoms with Crippen molar-refractivity contribution >= 4 is 42.9 Å². The van der Waals surface area contributed by atoms with Crippen molar-refractivity contribution in [2.24, 2.45) is 0 Å². The fourth-order valence-corrected chi connectivity index (χ4v) is 9.89. The Bertz CT molecular complexity index is 1120. The molecule has 0 aromatic heterocycles. The number of hydrogen-bond donors (Lipinski definition) is 0. The van der Waals surface area contributed by atoms with Crippen LogP contribution < -0.4 is 0 Å². The second-order valence-electron chi connectivity index (χ2n) is 8.95. The molecule has 0 saturated carbocycles. The number of piperazine rings is 1. The largest absolute Gasteiger partial charge is 0.288 e. The van der Waals surface area contributed by atoms with E-state index in [0.717, 1.165) is 11.1 Å². The molecule has 0 radical (unpaired) electrons. The van der Waals surface area contributed by atoms with Crippen LogP contribution in [0.1, 0.15) is 11.1 Å². The molecule has 0 N–H and O–H groups in total. The maximum atomic E-state index is 12.8. The van der Waals surface area contributed by atoms with Crippen LogP contribution in [-0.2, 0) is 32.8 Å². The Kier molecular flexibility index (Phi) is 5.83. The van der Waals surface area contributed by atoms with E-state index in [1.807, 2.05) is 36.4 Å². The van der Waals surface area contributed by atoms with Crippen molar-refractivity contribution in [1.82, 2.24) is 9.80 Å². The first-order chi connectivity index (χ1) is 15.1. The second kappa shape index (κ2) is 8.25. The van der Waals surface area contributed by atoms with Gasteiger partial charge in [-0.05, 0) is 23.3 Å². The van der Waals surface area contributed by atoms with Gasteiger partial charge in [-0.3, -0.25) is 9.80 Å². The van der Waals surface area contributed by atoms with Crippen molar-refractivity contribution in [3.63, 3.8) is 0 Å². The minimum Gasteiger partial charge on any atom is -0.288 e. The first-order valence-corrected chi connectivity index (χ1v) is 14.9. The van der Waals surface area contributed by atoms with E-state index >= 15 is 0 Å². The number of benzene rings is 2. The van der Waals surface area contributed by atoms with Crippen LogP contribution in [0, 0.1) is 0 Å². The predicted octanol–water partition coefficient (Wildman–Crippen LogP) is 2.64. The molecule has 6 nitrogen and oxygen atoms in total. The molecule has 0 unspecified atom stereocenters. The summed E-state index contributed by atoms with van der Waals surface area (Å²) in [5.41, 5.74) is 1.75. The molecular weight excluding hydrogens is 491 g/mol. The van der Waals surface area contributed by atoms with Gasteiger partial charge in [-0.15, -0.1) is 0 Å². The Morgan fingerprint density at radius 2 is 0.938 bits per heavy atom. The molecule has 2 aromatic rings. The SMILES string of the molecule is O=S1(=O)C[C@@H]2[C@H](C1)N(Cc1ccccc1Cl)[C@H]1CS(=O)(=O)C[C@@H]1N2Cc1ccccc1Cl. The molecule has 2 aromatic carbocycles. The van der Waals surface area contributed by atoms with Crippen molar-refractivity contribution in [3.05, 3.63) is 69.7 Å². The quantitative estimate of drug-likeness (QED) is 0.624. The van der Waals surface area contributed by atoms with Crippen molar-refractivity contribution < 1.29 is 16.8 Å². The Labute approximate surface area is 198 Å². The van der Waals surface area contributed by atoms with Crippen LogP contribution in [0.5, 0.6) is 0 Å². The lowest BCUT2D eigenvalue weighted by Gasteiger charge is -2.51. The van der Waals surface area contributed by atoms with Crippen LogP contribution >= 0.6 is 23.2 Å². The molecule has 3 fully saturated rings. The first kappa shape index (κ1) is 22.6. The van der Waals surface area contributed by atoms with Gasteiger partial charge < -0.3 is 0 Å². The zero-order chi connectivity index (χ0) is 22.7. The highest BCUT2D eigenvalue weighted by atomic mass is 35.5. The smallest absolute Gasteiger partial charge is 0.153 e. The summed E-state index contributed by atoms with van der Waals surface area (Å²) in [6.45, 7) is 0.847. The Morgan fingerprint density at radius 1 is 0.625 bits per heavy atom. The van der Waals surface area contributed by atoms with E-state index in [2.05, 4.69) is 9.80 Å². The molecule has 0 bridgehead atoms. The fraction of sp³-hybridized carbons (Fsp3) is 0.455. The van der Waals surface area contributed by atoms with E-state index in [1.165, 1.54) is 0 Å². The highest BCUT2D eigenvalue weighted by molar-refractivity contribution is 7.92. The Morgan fingerprint density at radius 3 is 1.25 bits per heavy atom. The van der Waals surface area contributed by atoms with Crippen LogP contribution in [0.3, 0.4) is 0 Å². The van der Waals surface area contributed by atoms with Gasteiger partial charge in [-0.25, -0.2) is 16.8 Å². The van der Waals surface area contributed by atoms with Crippen molar-refractivity contribution in [2.45, 2.75) is 37.3 Å². The monoisotopic (exact) mass is 514 g/mol. The van der Waals surface area contributed by atoms with Crippen LogP contribution in [0.25, 0.3) is 0 Å². The van der Waals surface area contributed by atoms with Gasteiger partial charge in [0.1, 0.15) is 0 Å². The third-order valence-corrected chi connectivity index (χ3v) is 11.0. The normalized spacial score (nSPS) is 31.3. The van der Waals surface area contributed by atoms with Gasteiger partial charge in [0.25, 0.3) is 0 Å². The standard InChI is InChI=1S/C22H24Cl2N2O4S2/c23-17-7-3-1-5-15(17)9-25-19-11-31(27,28)13-21(19)26(10-16-6-2-4-8-18(16)24)22-14-32(29,30)12-20(22)25/h1-8,19-22H,9-14H2/t19-,20-,21-,22+/m0/s1. The summed E-state index contributed by atoms with van der Waals surface area (Å²) in [4.78, 5) is 4.18. The maximum absolute atomic E-state index is 12.8. The lowest BCUT2D eigenvalue weighted by Crippen LogP contribution is -2.67. The Balaban J connectivity index is 1.56. The summed E-state index contributed by atoms with van der Waals surface area (Å²) in [6, 6.07) is 13.7. The van der Waals surface area contributed by atoms with Gasteiger partial charge in [0.05, 0.1) is 23.0 Å². The van der Waals surface area contributed by atoms with Gasteiger partial charge in [0.2, 0.25) is 0 Å². The maximum Gasteiger partial charge on any atom is 0.153 e. The van der Waals surface area contributed by atoms with E-state index in [9.17, 15) is 16.8 Å². The van der Waals surface area contributed by atoms with Gasteiger partial charge in [0.15, 0.2) is 19.7 Å². The summed E-state index contributed by atoms with van der Waals surface area (Å²) in [5.74, 6) is 0.0731. The molecule has 3 aliphatic heterocycles. The number of nitrogens with zero attached hydrogens (tertiary/aromatic N) is 2. The molecule has 0 aliphatic carbocycles. The number of sulfone groups is 2. The van der Waals surface area contributed by atoms with Crippen molar-refractivity contribution in [2.75, 3.05) is 23.0 Å². The Hall–Kier alpha value is -1.16. The van der Waals surface area contributed by atoms with E-state index in [1.54, 1.807) is 12.1 Å². The van der Waals surface area contributed by atoms with Gasteiger partial charge >= 0.3 is 0 Å². The average Bonchev–Trinajstić information content (AvgIpc) is 3.22.